The van der Waals surface area contributed by atoms with E-state index >= 15 is 0 Å². The van der Waals surface area contributed by atoms with Gasteiger partial charge in [0.15, 0.2) is 0 Å². The van der Waals surface area contributed by atoms with Crippen LogP contribution in [0.4, 0.5) is 8.78 Å². The lowest BCUT2D eigenvalue weighted by atomic mass is 10.1. The minimum absolute atomic E-state index is 0.0279. The SMILES string of the molecule is Cc1c(F)cc([C@@H](C)NC(=O)c2csc(-c3cccc(C4CC4)c3)n2)cc1F. The van der Waals surface area contributed by atoms with Gasteiger partial charge in [-0.1, -0.05) is 18.2 Å². The van der Waals surface area contributed by atoms with E-state index in [0.29, 0.717) is 17.2 Å². The van der Waals surface area contributed by atoms with Crippen LogP contribution in [0.3, 0.4) is 0 Å². The van der Waals surface area contributed by atoms with Crippen LogP contribution in [0.1, 0.15) is 58.9 Å². The number of benzene rings is 2. The monoisotopic (exact) mass is 398 g/mol. The molecule has 1 N–H and O–H groups in total. The highest BCUT2D eigenvalue weighted by Gasteiger charge is 2.24. The van der Waals surface area contributed by atoms with E-state index in [0.717, 1.165) is 10.6 Å². The summed E-state index contributed by atoms with van der Waals surface area (Å²) in [6.45, 7) is 3.07. The second-order valence-electron chi connectivity index (χ2n) is 7.24. The van der Waals surface area contributed by atoms with Gasteiger partial charge in [0.05, 0.1) is 6.04 Å². The fourth-order valence-electron chi connectivity index (χ4n) is 3.12. The summed E-state index contributed by atoms with van der Waals surface area (Å²) in [4.78, 5) is 17.0. The maximum Gasteiger partial charge on any atom is 0.271 e. The van der Waals surface area contributed by atoms with Crippen LogP contribution in [0.15, 0.2) is 41.8 Å². The van der Waals surface area contributed by atoms with Crippen molar-refractivity contribution in [2.45, 2.75) is 38.6 Å². The van der Waals surface area contributed by atoms with E-state index in [-0.39, 0.29) is 11.5 Å². The molecule has 1 aromatic heterocycles. The van der Waals surface area contributed by atoms with E-state index in [1.165, 1.54) is 48.8 Å². The zero-order valence-electron chi connectivity index (χ0n) is 15.6. The van der Waals surface area contributed by atoms with Gasteiger partial charge in [0.1, 0.15) is 22.3 Å². The first-order valence-corrected chi connectivity index (χ1v) is 10.1. The van der Waals surface area contributed by atoms with E-state index in [1.807, 2.05) is 12.1 Å². The Morgan fingerprint density at radius 1 is 1.21 bits per heavy atom. The number of hydrogen-bond acceptors (Lipinski definition) is 3. The number of carbonyl (C=O) groups excluding carboxylic acids is 1. The molecule has 0 radical (unpaired) electrons. The summed E-state index contributed by atoms with van der Waals surface area (Å²) in [5, 5.41) is 5.25. The van der Waals surface area contributed by atoms with Gasteiger partial charge in [-0.15, -0.1) is 11.3 Å². The van der Waals surface area contributed by atoms with Gasteiger partial charge < -0.3 is 5.32 Å². The molecule has 3 aromatic rings. The molecule has 4 rings (SSSR count). The Bertz CT molecular complexity index is 1020. The van der Waals surface area contributed by atoms with E-state index < -0.39 is 17.7 Å². The molecule has 6 heteroatoms. The van der Waals surface area contributed by atoms with Gasteiger partial charge in [-0.3, -0.25) is 4.79 Å². The van der Waals surface area contributed by atoms with E-state index in [4.69, 9.17) is 0 Å². The molecule has 1 aliphatic rings. The molecule has 0 bridgehead atoms. The first kappa shape index (κ1) is 18.7. The molecule has 144 valence electrons. The van der Waals surface area contributed by atoms with Gasteiger partial charge in [0, 0.05) is 16.5 Å². The molecule has 1 heterocycles. The molecule has 1 aliphatic carbocycles. The van der Waals surface area contributed by atoms with Crippen molar-refractivity contribution in [3.63, 3.8) is 0 Å². The van der Waals surface area contributed by atoms with Gasteiger partial charge in [0.25, 0.3) is 5.91 Å². The minimum atomic E-state index is -0.623. The van der Waals surface area contributed by atoms with Crippen molar-refractivity contribution >= 4 is 17.2 Å². The molecule has 1 amide bonds. The fraction of sp³-hybridized carbons (Fsp3) is 0.273. The highest BCUT2D eigenvalue weighted by atomic mass is 32.1. The summed E-state index contributed by atoms with van der Waals surface area (Å²) >= 11 is 1.41. The average Bonchev–Trinajstić information content (AvgIpc) is 3.42. The Morgan fingerprint density at radius 3 is 2.61 bits per heavy atom. The van der Waals surface area contributed by atoms with E-state index in [1.54, 1.807) is 12.3 Å². The van der Waals surface area contributed by atoms with Crippen molar-refractivity contribution in [2.75, 3.05) is 0 Å². The molecular weight excluding hydrogens is 378 g/mol. The van der Waals surface area contributed by atoms with Crippen LogP contribution >= 0.6 is 11.3 Å². The summed E-state index contributed by atoms with van der Waals surface area (Å²) in [5.41, 5.74) is 2.97. The van der Waals surface area contributed by atoms with E-state index in [9.17, 15) is 13.6 Å². The standard InChI is InChI=1S/C22H20F2N2OS/c1-12-18(23)9-17(10-19(12)24)13(2)25-21(27)20-11-28-22(26-20)16-5-3-4-15(8-16)14-6-7-14/h3-5,8-11,13-14H,6-7H2,1-2H3,(H,25,27)/t13-/m1/s1. The highest BCUT2D eigenvalue weighted by Crippen LogP contribution is 2.41. The van der Waals surface area contributed by atoms with Crippen molar-refractivity contribution in [2.24, 2.45) is 0 Å². The Kier molecular flexibility index (Phi) is 4.98. The summed E-state index contributed by atoms with van der Waals surface area (Å²) < 4.78 is 27.6. The third kappa shape index (κ3) is 3.83. The molecule has 0 saturated heterocycles. The molecule has 0 spiro atoms. The van der Waals surface area contributed by atoms with Crippen LogP contribution in [-0.4, -0.2) is 10.9 Å². The predicted molar refractivity (Wildman–Crippen MR) is 107 cm³/mol. The zero-order chi connectivity index (χ0) is 19.8. The van der Waals surface area contributed by atoms with Crippen molar-refractivity contribution in [3.05, 3.63) is 75.8 Å². The number of thiazole rings is 1. The van der Waals surface area contributed by atoms with Crippen molar-refractivity contribution in [3.8, 4) is 10.6 Å². The normalized spacial score (nSPS) is 14.7. The molecule has 0 unspecified atom stereocenters. The Labute approximate surface area is 166 Å². The Balaban J connectivity index is 1.49. The number of amides is 1. The molecule has 3 nitrogen and oxygen atoms in total. The smallest absolute Gasteiger partial charge is 0.271 e. The summed E-state index contributed by atoms with van der Waals surface area (Å²) in [5.74, 6) is -0.959. The van der Waals surface area contributed by atoms with Crippen LogP contribution in [0.2, 0.25) is 0 Å². The molecule has 1 fully saturated rings. The Hall–Kier alpha value is -2.60. The van der Waals surface area contributed by atoms with Crippen LogP contribution in [0, 0.1) is 18.6 Å². The van der Waals surface area contributed by atoms with Crippen LogP contribution in [0.5, 0.6) is 0 Å². The molecule has 28 heavy (non-hydrogen) atoms. The summed E-state index contributed by atoms with van der Waals surface area (Å²) in [6.07, 6.45) is 2.46. The van der Waals surface area contributed by atoms with Crippen LogP contribution in [-0.2, 0) is 0 Å². The van der Waals surface area contributed by atoms with E-state index in [2.05, 4.69) is 22.4 Å². The lowest BCUT2D eigenvalue weighted by molar-refractivity contribution is 0.0935. The van der Waals surface area contributed by atoms with Crippen LogP contribution in [0.25, 0.3) is 10.6 Å². The zero-order valence-corrected chi connectivity index (χ0v) is 16.4. The Morgan fingerprint density at radius 2 is 1.93 bits per heavy atom. The highest BCUT2D eigenvalue weighted by molar-refractivity contribution is 7.13. The fourth-order valence-corrected chi connectivity index (χ4v) is 3.92. The van der Waals surface area contributed by atoms with Crippen molar-refractivity contribution < 1.29 is 13.6 Å². The van der Waals surface area contributed by atoms with Gasteiger partial charge in [-0.05, 0) is 61.9 Å². The van der Waals surface area contributed by atoms with Gasteiger partial charge in [0.2, 0.25) is 0 Å². The molecule has 1 saturated carbocycles. The maximum atomic E-state index is 13.8. The lowest BCUT2D eigenvalue weighted by Gasteiger charge is -2.14. The molecule has 2 aromatic carbocycles. The first-order valence-electron chi connectivity index (χ1n) is 9.24. The summed E-state index contributed by atoms with van der Waals surface area (Å²) in [7, 11) is 0. The minimum Gasteiger partial charge on any atom is -0.344 e. The second-order valence-corrected chi connectivity index (χ2v) is 8.10. The number of nitrogens with zero attached hydrogens (tertiary/aromatic N) is 1. The van der Waals surface area contributed by atoms with Gasteiger partial charge >= 0.3 is 0 Å². The molecular formula is C22H20F2N2OS. The number of hydrogen-bond donors (Lipinski definition) is 1. The predicted octanol–water partition coefficient (Wildman–Crippen LogP) is 5.77. The molecule has 0 aliphatic heterocycles. The maximum absolute atomic E-state index is 13.8. The quantitative estimate of drug-likeness (QED) is 0.593. The third-order valence-electron chi connectivity index (χ3n) is 5.07. The van der Waals surface area contributed by atoms with Gasteiger partial charge in [-0.2, -0.15) is 0 Å². The number of rotatable bonds is 5. The number of halogens is 2. The van der Waals surface area contributed by atoms with Crippen LogP contribution < -0.4 is 5.32 Å². The second kappa shape index (κ2) is 7.43. The van der Waals surface area contributed by atoms with Crippen molar-refractivity contribution in [1.82, 2.24) is 10.3 Å². The number of nitrogens with one attached hydrogen (secondary N) is 1. The summed E-state index contributed by atoms with van der Waals surface area (Å²) in [6, 6.07) is 10.2. The topological polar surface area (TPSA) is 42.0 Å². The van der Waals surface area contributed by atoms with Gasteiger partial charge in [-0.25, -0.2) is 13.8 Å². The largest absolute Gasteiger partial charge is 0.344 e. The third-order valence-corrected chi connectivity index (χ3v) is 5.96. The van der Waals surface area contributed by atoms with Crippen molar-refractivity contribution in [1.29, 1.82) is 0 Å². The number of aromatic nitrogens is 1. The lowest BCUT2D eigenvalue weighted by Crippen LogP contribution is -2.27. The average molecular weight is 398 g/mol. The number of carbonyl (C=O) groups is 1. The molecule has 1 atom stereocenters. The first-order chi connectivity index (χ1) is 13.4.